The molecule has 5 rings (SSSR count). The summed E-state index contributed by atoms with van der Waals surface area (Å²) < 4.78 is 6.67. The molecule has 5 nitrogen and oxygen atoms in total. The third kappa shape index (κ3) is 1.32. The molecule has 0 N–H and O–H groups in total. The first-order valence-corrected chi connectivity index (χ1v) is 7.84. The SMILES string of the molecule is Cc1ccc2c3c1-c1c(cnc[n+]1C)C(C)(C)n3c1nccn21. The van der Waals surface area contributed by atoms with Crippen LogP contribution in [0.2, 0.25) is 0 Å². The molecule has 0 saturated heterocycles. The van der Waals surface area contributed by atoms with Crippen molar-refractivity contribution in [2.24, 2.45) is 7.05 Å². The van der Waals surface area contributed by atoms with Gasteiger partial charge < -0.3 is 0 Å². The highest BCUT2D eigenvalue weighted by atomic mass is 15.2. The van der Waals surface area contributed by atoms with Crippen molar-refractivity contribution in [1.82, 2.24) is 18.9 Å². The number of benzene rings is 1. The first kappa shape index (κ1) is 12.8. The van der Waals surface area contributed by atoms with Gasteiger partial charge in [-0.15, -0.1) is 0 Å². The van der Waals surface area contributed by atoms with Crippen molar-refractivity contribution in [3.05, 3.63) is 48.2 Å². The number of aryl methyl sites for hydroxylation is 2. The molecule has 4 aromatic rings. The Morgan fingerprint density at radius 2 is 2.04 bits per heavy atom. The van der Waals surface area contributed by atoms with Gasteiger partial charge in [-0.1, -0.05) is 11.1 Å². The number of aromatic nitrogens is 5. The van der Waals surface area contributed by atoms with Crippen LogP contribution in [-0.2, 0) is 12.6 Å². The highest BCUT2D eigenvalue weighted by molar-refractivity contribution is 5.98. The van der Waals surface area contributed by atoms with Gasteiger partial charge in [0.2, 0.25) is 5.78 Å². The maximum absolute atomic E-state index is 4.62. The minimum absolute atomic E-state index is 0.212. The summed E-state index contributed by atoms with van der Waals surface area (Å²) in [5, 5.41) is 0. The molecule has 23 heavy (non-hydrogen) atoms. The van der Waals surface area contributed by atoms with Gasteiger partial charge in [-0.2, -0.15) is 0 Å². The van der Waals surface area contributed by atoms with Crippen LogP contribution in [0.4, 0.5) is 0 Å². The van der Waals surface area contributed by atoms with Gasteiger partial charge in [0.15, 0.2) is 0 Å². The van der Waals surface area contributed by atoms with Crippen molar-refractivity contribution in [3.63, 3.8) is 0 Å². The summed E-state index contributed by atoms with van der Waals surface area (Å²) in [6, 6.07) is 4.39. The fourth-order valence-electron chi connectivity index (χ4n) is 4.08. The van der Waals surface area contributed by atoms with E-state index >= 15 is 0 Å². The van der Waals surface area contributed by atoms with E-state index in [-0.39, 0.29) is 5.54 Å². The molecule has 0 saturated carbocycles. The summed E-state index contributed by atoms with van der Waals surface area (Å²) in [5.74, 6) is 0.981. The van der Waals surface area contributed by atoms with E-state index in [1.54, 1.807) is 0 Å². The molecule has 0 spiro atoms. The number of fused-ring (bicyclic) bond motifs is 5. The summed E-state index contributed by atoms with van der Waals surface area (Å²) in [7, 11) is 2.07. The van der Waals surface area contributed by atoms with E-state index in [1.807, 2.05) is 24.9 Å². The van der Waals surface area contributed by atoms with Crippen LogP contribution in [-0.4, -0.2) is 18.9 Å². The predicted molar refractivity (Wildman–Crippen MR) is 88.3 cm³/mol. The molecule has 0 atom stereocenters. The van der Waals surface area contributed by atoms with Gasteiger partial charge >= 0.3 is 0 Å². The van der Waals surface area contributed by atoms with E-state index in [0.717, 1.165) is 5.78 Å². The lowest BCUT2D eigenvalue weighted by Crippen LogP contribution is -2.40. The zero-order valence-corrected chi connectivity index (χ0v) is 13.7. The molecule has 0 fully saturated rings. The summed E-state index contributed by atoms with van der Waals surface area (Å²) in [4.78, 5) is 9.06. The normalized spacial score (nSPS) is 15.3. The maximum Gasteiger partial charge on any atom is 0.286 e. The average Bonchev–Trinajstić information content (AvgIpc) is 3.07. The van der Waals surface area contributed by atoms with Crippen molar-refractivity contribution >= 4 is 16.8 Å². The lowest BCUT2D eigenvalue weighted by molar-refractivity contribution is -0.664. The summed E-state index contributed by atoms with van der Waals surface area (Å²) in [6.07, 6.45) is 7.79. The first-order chi connectivity index (χ1) is 11.0. The summed E-state index contributed by atoms with van der Waals surface area (Å²) >= 11 is 0. The van der Waals surface area contributed by atoms with Gasteiger partial charge in [0.25, 0.3) is 6.33 Å². The van der Waals surface area contributed by atoms with E-state index in [1.165, 1.54) is 33.4 Å². The number of nitrogens with zero attached hydrogens (tertiary/aromatic N) is 5. The number of hydrogen-bond donors (Lipinski definition) is 0. The third-order valence-corrected chi connectivity index (χ3v) is 5.18. The van der Waals surface area contributed by atoms with Crippen LogP contribution in [0.25, 0.3) is 28.1 Å². The molecule has 0 radical (unpaired) electrons. The Kier molecular flexibility index (Phi) is 2.11. The van der Waals surface area contributed by atoms with Gasteiger partial charge in [-0.25, -0.2) is 9.55 Å². The zero-order chi connectivity index (χ0) is 15.9. The molecule has 1 aliphatic rings. The van der Waals surface area contributed by atoms with Crippen molar-refractivity contribution in [2.45, 2.75) is 26.3 Å². The Hall–Kier alpha value is -2.69. The van der Waals surface area contributed by atoms with Crippen molar-refractivity contribution in [3.8, 4) is 11.3 Å². The van der Waals surface area contributed by atoms with Crippen molar-refractivity contribution in [1.29, 1.82) is 0 Å². The molecular formula is C18H18N5+. The highest BCUT2D eigenvalue weighted by Crippen LogP contribution is 2.45. The Bertz CT molecular complexity index is 1110. The van der Waals surface area contributed by atoms with Crippen molar-refractivity contribution < 1.29 is 4.57 Å². The second kappa shape index (κ2) is 3.79. The quantitative estimate of drug-likeness (QED) is 0.468. The minimum Gasteiger partial charge on any atom is -0.299 e. The smallest absolute Gasteiger partial charge is 0.286 e. The van der Waals surface area contributed by atoms with E-state index in [0.29, 0.717) is 0 Å². The van der Waals surface area contributed by atoms with Crippen molar-refractivity contribution in [2.75, 3.05) is 0 Å². The molecule has 0 amide bonds. The second-order valence-electron chi connectivity index (χ2n) is 6.88. The number of imidazole rings is 2. The van der Waals surface area contributed by atoms with Crippen LogP contribution < -0.4 is 4.57 Å². The van der Waals surface area contributed by atoms with Crippen LogP contribution in [0.3, 0.4) is 0 Å². The van der Waals surface area contributed by atoms with E-state index in [4.69, 9.17) is 0 Å². The molecule has 0 bridgehead atoms. The molecular weight excluding hydrogens is 286 g/mol. The van der Waals surface area contributed by atoms with E-state index in [2.05, 4.69) is 63.5 Å². The molecule has 5 heteroatoms. The van der Waals surface area contributed by atoms with Gasteiger partial charge in [0, 0.05) is 12.4 Å². The second-order valence-corrected chi connectivity index (χ2v) is 6.88. The monoisotopic (exact) mass is 304 g/mol. The largest absolute Gasteiger partial charge is 0.299 e. The molecule has 1 aliphatic heterocycles. The van der Waals surface area contributed by atoms with Crippen LogP contribution in [0.5, 0.6) is 0 Å². The van der Waals surface area contributed by atoms with Gasteiger partial charge in [0.1, 0.15) is 11.9 Å². The Labute approximate surface area is 133 Å². The minimum atomic E-state index is -0.212. The molecule has 114 valence electrons. The molecule has 1 aromatic carbocycles. The predicted octanol–water partition coefficient (Wildman–Crippen LogP) is 2.58. The molecule has 0 unspecified atom stereocenters. The Morgan fingerprint density at radius 3 is 2.87 bits per heavy atom. The highest BCUT2D eigenvalue weighted by Gasteiger charge is 2.40. The van der Waals surface area contributed by atoms with E-state index < -0.39 is 0 Å². The van der Waals surface area contributed by atoms with Crippen LogP contribution in [0.1, 0.15) is 25.0 Å². The molecule has 3 aromatic heterocycles. The fourth-order valence-corrected chi connectivity index (χ4v) is 4.08. The molecule has 0 aliphatic carbocycles. The molecule has 4 heterocycles. The average molecular weight is 304 g/mol. The zero-order valence-electron chi connectivity index (χ0n) is 13.7. The van der Waals surface area contributed by atoms with E-state index in [9.17, 15) is 0 Å². The Balaban J connectivity index is 2.16. The van der Waals surface area contributed by atoms with Crippen LogP contribution in [0, 0.1) is 6.92 Å². The number of hydrogen-bond acceptors (Lipinski definition) is 2. The lowest BCUT2D eigenvalue weighted by atomic mass is 9.85. The first-order valence-electron chi connectivity index (χ1n) is 7.84. The van der Waals surface area contributed by atoms with Crippen LogP contribution >= 0.6 is 0 Å². The number of rotatable bonds is 0. The Morgan fingerprint density at radius 1 is 1.22 bits per heavy atom. The van der Waals surface area contributed by atoms with Gasteiger partial charge in [-0.3, -0.25) is 8.97 Å². The standard InChI is InChI=1S/C18H18N5/c1-11-5-6-13-16-14(11)15-12(9-19-10-21(15)4)18(2,3)23(16)17-20-7-8-22(13)17/h5-10H,1-4H3/q+1. The van der Waals surface area contributed by atoms with Gasteiger partial charge in [0.05, 0.1) is 34.7 Å². The lowest BCUT2D eigenvalue weighted by Gasteiger charge is -2.33. The third-order valence-electron chi connectivity index (χ3n) is 5.18. The van der Waals surface area contributed by atoms with Gasteiger partial charge in [-0.05, 0) is 32.4 Å². The van der Waals surface area contributed by atoms with Crippen LogP contribution in [0.15, 0.2) is 37.1 Å². The topological polar surface area (TPSA) is 39.0 Å². The maximum atomic E-state index is 4.62. The summed E-state index contributed by atoms with van der Waals surface area (Å²) in [5.41, 5.74) is 7.29. The summed E-state index contributed by atoms with van der Waals surface area (Å²) in [6.45, 7) is 6.66. The fraction of sp³-hybridized carbons (Fsp3) is 0.278.